The van der Waals surface area contributed by atoms with Gasteiger partial charge in [-0.25, -0.2) is 13.1 Å². The maximum Gasteiger partial charge on any atom is 0.250 e. The van der Waals surface area contributed by atoms with E-state index in [2.05, 4.69) is 4.72 Å². The van der Waals surface area contributed by atoms with Crippen LogP contribution in [0.25, 0.3) is 0 Å². The number of ether oxygens (including phenoxy) is 1. The van der Waals surface area contributed by atoms with Crippen molar-refractivity contribution in [3.63, 3.8) is 0 Å². The van der Waals surface area contributed by atoms with Gasteiger partial charge in [-0.1, -0.05) is 6.92 Å². The first-order valence-corrected chi connectivity index (χ1v) is 9.75. The molecule has 7 heteroatoms. The van der Waals surface area contributed by atoms with Crippen LogP contribution in [-0.4, -0.2) is 22.1 Å². The van der Waals surface area contributed by atoms with Crippen LogP contribution >= 0.6 is 22.7 Å². The van der Waals surface area contributed by atoms with Crippen LogP contribution in [0.4, 0.5) is 0 Å². The molecular weight excluding hydrogens is 326 g/mol. The number of nitrogens with one attached hydrogen (secondary N) is 1. The Morgan fingerprint density at radius 1 is 1.24 bits per heavy atom. The van der Waals surface area contributed by atoms with E-state index in [1.54, 1.807) is 24.5 Å². The molecule has 1 unspecified atom stereocenters. The van der Waals surface area contributed by atoms with Gasteiger partial charge >= 0.3 is 0 Å². The molecule has 0 fully saturated rings. The molecule has 0 bridgehead atoms. The number of hydrogen-bond donors (Lipinski definition) is 1. The molecule has 0 aliphatic rings. The normalized spacial score (nSPS) is 13.5. The molecule has 2 aromatic rings. The second-order valence-corrected chi connectivity index (χ2v) is 9.08. The van der Waals surface area contributed by atoms with E-state index in [9.17, 15) is 8.42 Å². The fourth-order valence-corrected chi connectivity index (χ4v) is 5.20. The van der Waals surface area contributed by atoms with Crippen molar-refractivity contribution in [2.45, 2.75) is 30.6 Å². The molecule has 0 spiro atoms. The SMILES string of the molecule is CCc1ccc(S(=O)(=O)NCC(OC)c2ccc(C)s2)s1. The summed E-state index contributed by atoms with van der Waals surface area (Å²) in [6.45, 7) is 4.26. The number of methoxy groups -OCH3 is 1. The molecule has 2 heterocycles. The van der Waals surface area contributed by atoms with Crippen LogP contribution in [0.5, 0.6) is 0 Å². The Hall–Kier alpha value is -0.730. The lowest BCUT2D eigenvalue weighted by Crippen LogP contribution is -2.28. The van der Waals surface area contributed by atoms with Crippen molar-refractivity contribution in [2.24, 2.45) is 0 Å². The lowest BCUT2D eigenvalue weighted by atomic mass is 10.3. The lowest BCUT2D eigenvalue weighted by Gasteiger charge is -2.14. The quantitative estimate of drug-likeness (QED) is 0.837. The molecular formula is C14H19NO3S3. The van der Waals surface area contributed by atoms with Crippen molar-refractivity contribution in [3.8, 4) is 0 Å². The molecule has 1 atom stereocenters. The summed E-state index contributed by atoms with van der Waals surface area (Å²) in [5.74, 6) is 0. The summed E-state index contributed by atoms with van der Waals surface area (Å²) in [6.07, 6.45) is 0.583. The van der Waals surface area contributed by atoms with Crippen LogP contribution < -0.4 is 4.72 Å². The molecule has 2 rings (SSSR count). The monoisotopic (exact) mass is 345 g/mol. The fraction of sp³-hybridized carbons (Fsp3) is 0.429. The van der Waals surface area contributed by atoms with Crippen molar-refractivity contribution in [1.29, 1.82) is 0 Å². The van der Waals surface area contributed by atoms with Gasteiger partial charge in [0.05, 0.1) is 0 Å². The lowest BCUT2D eigenvalue weighted by molar-refractivity contribution is 0.110. The summed E-state index contributed by atoms with van der Waals surface area (Å²) in [5.41, 5.74) is 0. The third kappa shape index (κ3) is 4.14. The van der Waals surface area contributed by atoms with E-state index < -0.39 is 10.0 Å². The minimum absolute atomic E-state index is 0.234. The van der Waals surface area contributed by atoms with E-state index in [1.165, 1.54) is 16.2 Å². The van der Waals surface area contributed by atoms with Crippen LogP contribution in [0.2, 0.25) is 0 Å². The zero-order valence-corrected chi connectivity index (χ0v) is 14.7. The van der Waals surface area contributed by atoms with Crippen molar-refractivity contribution < 1.29 is 13.2 Å². The Balaban J connectivity index is 2.06. The third-order valence-electron chi connectivity index (χ3n) is 3.07. The van der Waals surface area contributed by atoms with Crippen LogP contribution in [0.15, 0.2) is 28.5 Å². The maximum atomic E-state index is 12.3. The molecule has 0 saturated carbocycles. The first kappa shape index (κ1) is 16.6. The standard InChI is InChI=1S/C14H19NO3S3/c1-4-11-6-8-14(20-11)21(16,17)15-9-12(18-3)13-7-5-10(2)19-13/h5-8,12,15H,4,9H2,1-3H3. The van der Waals surface area contributed by atoms with Gasteiger partial charge in [-0.15, -0.1) is 22.7 Å². The molecule has 1 N–H and O–H groups in total. The first-order valence-electron chi connectivity index (χ1n) is 6.63. The molecule has 2 aromatic heterocycles. The van der Waals surface area contributed by atoms with Crippen LogP contribution in [0, 0.1) is 6.92 Å². The molecule has 21 heavy (non-hydrogen) atoms. The van der Waals surface area contributed by atoms with Gasteiger partial charge in [0, 0.05) is 28.3 Å². The number of hydrogen-bond acceptors (Lipinski definition) is 5. The van der Waals surface area contributed by atoms with Crippen molar-refractivity contribution in [2.75, 3.05) is 13.7 Å². The molecule has 0 aliphatic carbocycles. The van der Waals surface area contributed by atoms with Gasteiger partial charge in [0.2, 0.25) is 10.0 Å². The molecule has 116 valence electrons. The second-order valence-electron chi connectivity index (χ2n) is 4.60. The highest BCUT2D eigenvalue weighted by Crippen LogP contribution is 2.26. The largest absolute Gasteiger partial charge is 0.375 e. The molecule has 0 aliphatic heterocycles. The summed E-state index contributed by atoms with van der Waals surface area (Å²) < 4.78 is 32.9. The summed E-state index contributed by atoms with van der Waals surface area (Å²) in [4.78, 5) is 3.27. The number of aryl methyl sites for hydroxylation is 2. The zero-order chi connectivity index (χ0) is 15.5. The van der Waals surface area contributed by atoms with Crippen LogP contribution in [0.3, 0.4) is 0 Å². The van der Waals surface area contributed by atoms with Gasteiger partial charge in [-0.3, -0.25) is 0 Å². The fourth-order valence-electron chi connectivity index (χ4n) is 1.88. The number of thiophene rings is 2. The average Bonchev–Trinajstić information content (AvgIpc) is 3.08. The average molecular weight is 346 g/mol. The second kappa shape index (κ2) is 7.02. The summed E-state index contributed by atoms with van der Waals surface area (Å²) >= 11 is 2.93. The van der Waals surface area contributed by atoms with E-state index in [0.717, 1.165) is 16.2 Å². The highest BCUT2D eigenvalue weighted by atomic mass is 32.2. The molecule has 0 saturated heterocycles. The van der Waals surface area contributed by atoms with E-state index >= 15 is 0 Å². The maximum absolute atomic E-state index is 12.3. The Kier molecular flexibility index (Phi) is 5.56. The van der Waals surface area contributed by atoms with E-state index in [-0.39, 0.29) is 12.6 Å². The van der Waals surface area contributed by atoms with Crippen LogP contribution in [-0.2, 0) is 21.2 Å². The Morgan fingerprint density at radius 2 is 2.00 bits per heavy atom. The van der Waals surface area contributed by atoms with Gasteiger partial charge in [-0.2, -0.15) is 0 Å². The summed E-state index contributed by atoms with van der Waals surface area (Å²) in [7, 11) is -1.87. The van der Waals surface area contributed by atoms with Gasteiger partial charge in [-0.05, 0) is 37.6 Å². The Labute approximate surface area is 133 Å². The highest BCUT2D eigenvalue weighted by molar-refractivity contribution is 7.91. The first-order chi connectivity index (χ1) is 9.96. The van der Waals surface area contributed by atoms with E-state index in [4.69, 9.17) is 4.74 Å². The molecule has 4 nitrogen and oxygen atoms in total. The van der Waals surface area contributed by atoms with Gasteiger partial charge in [0.25, 0.3) is 0 Å². The minimum atomic E-state index is -3.46. The van der Waals surface area contributed by atoms with Gasteiger partial charge in [0.15, 0.2) is 0 Å². The summed E-state index contributed by atoms with van der Waals surface area (Å²) in [6, 6.07) is 7.49. The highest BCUT2D eigenvalue weighted by Gasteiger charge is 2.20. The Bertz CT molecular complexity index is 688. The third-order valence-corrected chi connectivity index (χ3v) is 7.31. The zero-order valence-electron chi connectivity index (χ0n) is 12.3. The predicted molar refractivity (Wildman–Crippen MR) is 87.7 cm³/mol. The van der Waals surface area contributed by atoms with Gasteiger partial charge < -0.3 is 4.74 Å². The number of rotatable bonds is 7. The van der Waals surface area contributed by atoms with E-state index in [1.807, 2.05) is 32.0 Å². The predicted octanol–water partition coefficient (Wildman–Crippen LogP) is 3.35. The Morgan fingerprint density at radius 3 is 2.52 bits per heavy atom. The van der Waals surface area contributed by atoms with Crippen LogP contribution in [0.1, 0.15) is 27.7 Å². The van der Waals surface area contributed by atoms with E-state index in [0.29, 0.717) is 4.21 Å². The topological polar surface area (TPSA) is 55.4 Å². The number of sulfonamides is 1. The van der Waals surface area contributed by atoms with Crippen molar-refractivity contribution in [3.05, 3.63) is 38.9 Å². The van der Waals surface area contributed by atoms with Gasteiger partial charge in [0.1, 0.15) is 10.3 Å². The summed E-state index contributed by atoms with van der Waals surface area (Å²) in [5, 5.41) is 0. The molecule has 0 amide bonds. The van der Waals surface area contributed by atoms with Crippen molar-refractivity contribution in [1.82, 2.24) is 4.72 Å². The molecule has 0 aromatic carbocycles. The van der Waals surface area contributed by atoms with Crippen molar-refractivity contribution >= 4 is 32.7 Å². The minimum Gasteiger partial charge on any atom is -0.375 e. The molecule has 0 radical (unpaired) electrons. The smallest absolute Gasteiger partial charge is 0.250 e.